The van der Waals surface area contributed by atoms with Gasteiger partial charge in [-0.25, -0.2) is 13.1 Å². The Labute approximate surface area is 158 Å². The Hall–Kier alpha value is -1.90. The number of aryl methyl sites for hydroxylation is 3. The van der Waals surface area contributed by atoms with E-state index in [-0.39, 0.29) is 10.0 Å². The van der Waals surface area contributed by atoms with Gasteiger partial charge >= 0.3 is 0 Å². The van der Waals surface area contributed by atoms with Crippen LogP contribution in [-0.4, -0.2) is 31.2 Å². The highest BCUT2D eigenvalue weighted by atomic mass is 35.5. The van der Waals surface area contributed by atoms with Crippen LogP contribution in [0.5, 0.6) is 0 Å². The number of carbonyl (C=O) groups excluding carboxylic acids is 1. The van der Waals surface area contributed by atoms with Gasteiger partial charge in [0.15, 0.2) is 0 Å². The minimum atomic E-state index is -3.62. The van der Waals surface area contributed by atoms with Crippen molar-refractivity contribution in [2.24, 2.45) is 0 Å². The fraction of sp³-hybridized carbons (Fsp3) is 0.412. The molecular weight excluding hydrogens is 376 g/mol. The lowest BCUT2D eigenvalue weighted by molar-refractivity contribution is 0.102. The molecular formula is C17H23ClN4O3S. The van der Waals surface area contributed by atoms with Crippen LogP contribution in [0.3, 0.4) is 0 Å². The summed E-state index contributed by atoms with van der Waals surface area (Å²) >= 11 is 6.31. The van der Waals surface area contributed by atoms with Crippen molar-refractivity contribution in [2.45, 2.75) is 45.1 Å². The Morgan fingerprint density at radius 3 is 2.62 bits per heavy atom. The Morgan fingerprint density at radius 1 is 1.31 bits per heavy atom. The van der Waals surface area contributed by atoms with E-state index in [1.165, 1.54) is 13.1 Å². The highest BCUT2D eigenvalue weighted by molar-refractivity contribution is 7.89. The van der Waals surface area contributed by atoms with Crippen LogP contribution in [0.2, 0.25) is 5.15 Å². The molecule has 0 atom stereocenters. The molecule has 2 aromatic rings. The molecule has 0 bridgehead atoms. The van der Waals surface area contributed by atoms with E-state index in [9.17, 15) is 13.2 Å². The lowest BCUT2D eigenvalue weighted by Crippen LogP contribution is -2.20. The number of hydrogen-bond acceptors (Lipinski definition) is 4. The molecule has 1 heterocycles. The van der Waals surface area contributed by atoms with Crippen LogP contribution in [0.1, 0.15) is 41.4 Å². The Morgan fingerprint density at radius 2 is 2.00 bits per heavy atom. The van der Waals surface area contributed by atoms with Crippen LogP contribution in [0.4, 0.5) is 5.69 Å². The second-order valence-electron chi connectivity index (χ2n) is 5.97. The van der Waals surface area contributed by atoms with Gasteiger partial charge in [-0.15, -0.1) is 0 Å². The summed E-state index contributed by atoms with van der Waals surface area (Å²) in [5.41, 5.74) is 1.77. The monoisotopic (exact) mass is 398 g/mol. The summed E-state index contributed by atoms with van der Waals surface area (Å²) in [6.45, 7) is 6.11. The maximum Gasteiger partial charge on any atom is 0.260 e. The van der Waals surface area contributed by atoms with Crippen LogP contribution in [0.15, 0.2) is 23.1 Å². The number of rotatable bonds is 7. The van der Waals surface area contributed by atoms with E-state index < -0.39 is 15.9 Å². The Kier molecular flexibility index (Phi) is 6.44. The molecule has 0 spiro atoms. The summed E-state index contributed by atoms with van der Waals surface area (Å²) in [7, 11) is -2.28. The number of nitrogens with one attached hydrogen (secondary N) is 2. The SMILES string of the molecule is CCCCn1nc(C)c(C(=O)Nc2ccc(C)c(S(=O)(=O)NC)c2)c1Cl. The summed E-state index contributed by atoms with van der Waals surface area (Å²) in [6.07, 6.45) is 1.90. The number of sulfonamides is 1. The van der Waals surface area contributed by atoms with E-state index in [0.717, 1.165) is 12.8 Å². The number of nitrogens with zero attached hydrogens (tertiary/aromatic N) is 2. The normalized spacial score (nSPS) is 11.6. The van der Waals surface area contributed by atoms with Crippen LogP contribution in [0, 0.1) is 13.8 Å². The molecule has 1 aromatic heterocycles. The zero-order valence-electron chi connectivity index (χ0n) is 15.3. The summed E-state index contributed by atoms with van der Waals surface area (Å²) in [5.74, 6) is -0.424. The first-order chi connectivity index (χ1) is 12.2. The van der Waals surface area contributed by atoms with Gasteiger partial charge in [0, 0.05) is 12.2 Å². The first-order valence-corrected chi connectivity index (χ1v) is 10.2. The molecule has 0 fully saturated rings. The molecule has 0 aliphatic carbocycles. The van der Waals surface area contributed by atoms with Gasteiger partial charge < -0.3 is 5.32 Å². The van der Waals surface area contributed by atoms with Gasteiger partial charge in [0.05, 0.1) is 16.2 Å². The maximum atomic E-state index is 12.6. The highest BCUT2D eigenvalue weighted by Crippen LogP contribution is 2.24. The van der Waals surface area contributed by atoms with Crippen molar-refractivity contribution >= 4 is 33.2 Å². The van der Waals surface area contributed by atoms with Crippen LogP contribution >= 0.6 is 11.6 Å². The Bertz CT molecular complexity index is 922. The third kappa shape index (κ3) is 4.25. The molecule has 2 N–H and O–H groups in total. The van der Waals surface area contributed by atoms with Gasteiger partial charge in [0.25, 0.3) is 5.91 Å². The number of halogens is 1. The largest absolute Gasteiger partial charge is 0.322 e. The fourth-order valence-corrected chi connectivity index (χ4v) is 3.88. The zero-order valence-corrected chi connectivity index (χ0v) is 16.8. The molecule has 2 rings (SSSR count). The van der Waals surface area contributed by atoms with Gasteiger partial charge in [-0.2, -0.15) is 5.10 Å². The van der Waals surface area contributed by atoms with Crippen molar-refractivity contribution in [3.63, 3.8) is 0 Å². The minimum absolute atomic E-state index is 0.110. The predicted octanol–water partition coefficient (Wildman–Crippen LogP) is 3.11. The van der Waals surface area contributed by atoms with E-state index in [0.29, 0.717) is 29.1 Å². The molecule has 1 amide bonds. The van der Waals surface area contributed by atoms with Crippen molar-refractivity contribution in [1.82, 2.24) is 14.5 Å². The lowest BCUT2D eigenvalue weighted by Gasteiger charge is -2.10. The number of anilines is 1. The molecule has 0 radical (unpaired) electrons. The average Bonchev–Trinajstić information content (AvgIpc) is 2.88. The zero-order chi connectivity index (χ0) is 19.5. The number of aromatic nitrogens is 2. The van der Waals surface area contributed by atoms with E-state index in [2.05, 4.69) is 22.1 Å². The van der Waals surface area contributed by atoms with Gasteiger partial charge in [0.2, 0.25) is 10.0 Å². The molecule has 26 heavy (non-hydrogen) atoms. The van der Waals surface area contributed by atoms with Crippen molar-refractivity contribution < 1.29 is 13.2 Å². The summed E-state index contributed by atoms with van der Waals surface area (Å²) in [5, 5.41) is 7.30. The van der Waals surface area contributed by atoms with Crippen molar-refractivity contribution in [2.75, 3.05) is 12.4 Å². The molecule has 0 saturated heterocycles. The lowest BCUT2D eigenvalue weighted by atomic mass is 10.2. The van der Waals surface area contributed by atoms with E-state index in [1.54, 1.807) is 30.7 Å². The quantitative estimate of drug-likeness (QED) is 0.749. The van der Waals surface area contributed by atoms with E-state index >= 15 is 0 Å². The number of amides is 1. The standard InChI is InChI=1S/C17H23ClN4O3S/c1-5-6-9-22-16(18)15(12(3)21-22)17(23)20-13-8-7-11(2)14(10-13)26(24,25)19-4/h7-8,10,19H,5-6,9H2,1-4H3,(H,20,23). The van der Waals surface area contributed by atoms with Crippen molar-refractivity contribution in [3.8, 4) is 0 Å². The summed E-state index contributed by atoms with van der Waals surface area (Å²) < 4.78 is 28.1. The van der Waals surface area contributed by atoms with Gasteiger partial charge in [0.1, 0.15) is 5.15 Å². The van der Waals surface area contributed by atoms with E-state index in [4.69, 9.17) is 11.6 Å². The van der Waals surface area contributed by atoms with Crippen molar-refractivity contribution in [1.29, 1.82) is 0 Å². The fourth-order valence-electron chi connectivity index (χ4n) is 2.54. The number of hydrogen-bond donors (Lipinski definition) is 2. The Balaban J connectivity index is 2.31. The van der Waals surface area contributed by atoms with E-state index in [1.807, 2.05) is 0 Å². The van der Waals surface area contributed by atoms with Crippen molar-refractivity contribution in [3.05, 3.63) is 40.2 Å². The van der Waals surface area contributed by atoms with Crippen LogP contribution in [0.25, 0.3) is 0 Å². The summed E-state index contributed by atoms with van der Waals surface area (Å²) in [6, 6.07) is 4.70. The number of benzene rings is 1. The molecule has 0 aliphatic heterocycles. The van der Waals surface area contributed by atoms with Gasteiger partial charge in [-0.1, -0.05) is 31.0 Å². The van der Waals surface area contributed by atoms with Crippen LogP contribution in [-0.2, 0) is 16.6 Å². The van der Waals surface area contributed by atoms with Gasteiger partial charge in [-0.05, 0) is 45.0 Å². The highest BCUT2D eigenvalue weighted by Gasteiger charge is 2.21. The second kappa shape index (κ2) is 8.20. The third-order valence-corrected chi connectivity index (χ3v) is 5.96. The topological polar surface area (TPSA) is 93.1 Å². The molecule has 0 unspecified atom stereocenters. The number of unbranched alkanes of at least 4 members (excludes halogenated alkanes) is 1. The third-order valence-electron chi connectivity index (χ3n) is 4.02. The smallest absolute Gasteiger partial charge is 0.260 e. The van der Waals surface area contributed by atoms with Gasteiger partial charge in [-0.3, -0.25) is 9.48 Å². The molecule has 0 saturated carbocycles. The maximum absolute atomic E-state index is 12.6. The average molecular weight is 399 g/mol. The second-order valence-corrected chi connectivity index (χ2v) is 8.18. The molecule has 9 heteroatoms. The number of carbonyl (C=O) groups is 1. The molecule has 142 valence electrons. The first kappa shape index (κ1) is 20.4. The molecule has 7 nitrogen and oxygen atoms in total. The minimum Gasteiger partial charge on any atom is -0.322 e. The summed E-state index contributed by atoms with van der Waals surface area (Å²) in [4.78, 5) is 12.8. The molecule has 0 aliphatic rings. The first-order valence-electron chi connectivity index (χ1n) is 8.29. The predicted molar refractivity (Wildman–Crippen MR) is 102 cm³/mol. The molecule has 1 aromatic carbocycles. The van der Waals surface area contributed by atoms with Crippen LogP contribution < -0.4 is 10.0 Å².